The molecule has 0 unspecified atom stereocenters. The molecule has 0 heterocycles. The average Bonchev–Trinajstić information content (AvgIpc) is 3.37. The van der Waals surface area contributed by atoms with E-state index in [4.69, 9.17) is 14.2 Å². The summed E-state index contributed by atoms with van der Waals surface area (Å²) in [6.45, 7) is 6.45. The zero-order valence-electron chi connectivity index (χ0n) is 46.5. The maximum atomic E-state index is 12.9. The topological polar surface area (TPSA) is 78.9 Å². The van der Waals surface area contributed by atoms with E-state index < -0.39 is 6.10 Å². The van der Waals surface area contributed by atoms with Gasteiger partial charge in [-0.25, -0.2) is 0 Å². The summed E-state index contributed by atoms with van der Waals surface area (Å²) in [5, 5.41) is 0. The predicted molar refractivity (Wildman–Crippen MR) is 307 cm³/mol. The van der Waals surface area contributed by atoms with Crippen molar-refractivity contribution in [3.8, 4) is 0 Å². The summed E-state index contributed by atoms with van der Waals surface area (Å²) < 4.78 is 16.8. The second-order valence-corrected chi connectivity index (χ2v) is 19.5. The van der Waals surface area contributed by atoms with Crippen LogP contribution < -0.4 is 0 Å². The molecule has 1 atom stereocenters. The SMILES string of the molecule is CC/C=C\C/C=C\C/C=C\C/C=C\C/C=C\C/C=C\CCC(=O)OC[C@@H](COC(=O)CCCCCCCCCCCCCCCCC)OC(=O)CCCCCCCCCCC/C=C\C/C=C\CCCCC. The van der Waals surface area contributed by atoms with Crippen LogP contribution in [-0.4, -0.2) is 37.2 Å². The molecule has 71 heavy (non-hydrogen) atoms. The van der Waals surface area contributed by atoms with E-state index in [0.717, 1.165) is 83.5 Å². The molecule has 0 aromatic rings. The minimum Gasteiger partial charge on any atom is -0.462 e. The molecule has 0 aromatic heterocycles. The fourth-order valence-corrected chi connectivity index (χ4v) is 8.15. The molecule has 0 spiro atoms. The fraction of sp³-hybridized carbons (Fsp3) is 0.708. The van der Waals surface area contributed by atoms with Crippen LogP contribution in [0.2, 0.25) is 0 Å². The molecule has 0 saturated heterocycles. The van der Waals surface area contributed by atoms with Crippen molar-refractivity contribution in [2.45, 2.75) is 284 Å². The molecular formula is C65H110O6. The number of carbonyl (C=O) groups is 3. The van der Waals surface area contributed by atoms with Crippen molar-refractivity contribution in [3.05, 3.63) is 97.2 Å². The number of unbranched alkanes of at least 4 members (excludes halogenated alkanes) is 26. The number of rotatable bonds is 53. The van der Waals surface area contributed by atoms with Gasteiger partial charge >= 0.3 is 17.9 Å². The van der Waals surface area contributed by atoms with Crippen LogP contribution in [0.25, 0.3) is 0 Å². The molecule has 0 fully saturated rings. The zero-order chi connectivity index (χ0) is 51.4. The van der Waals surface area contributed by atoms with Crippen molar-refractivity contribution in [2.24, 2.45) is 0 Å². The van der Waals surface area contributed by atoms with Crippen molar-refractivity contribution >= 4 is 17.9 Å². The smallest absolute Gasteiger partial charge is 0.306 e. The van der Waals surface area contributed by atoms with Crippen molar-refractivity contribution in [1.82, 2.24) is 0 Å². The Bertz CT molecular complexity index is 1410. The summed E-state index contributed by atoms with van der Waals surface area (Å²) in [7, 11) is 0. The predicted octanol–water partition coefficient (Wildman–Crippen LogP) is 20.1. The first kappa shape index (κ1) is 67.3. The van der Waals surface area contributed by atoms with Gasteiger partial charge in [-0.2, -0.15) is 0 Å². The molecule has 0 aliphatic rings. The molecule has 0 saturated carbocycles. The molecule has 0 rings (SSSR count). The molecule has 0 aliphatic carbocycles. The van der Waals surface area contributed by atoms with E-state index in [1.165, 1.54) is 148 Å². The lowest BCUT2D eigenvalue weighted by Gasteiger charge is -2.18. The van der Waals surface area contributed by atoms with E-state index in [-0.39, 0.29) is 37.5 Å². The molecule has 0 aliphatic heterocycles. The van der Waals surface area contributed by atoms with Crippen LogP contribution >= 0.6 is 0 Å². The van der Waals surface area contributed by atoms with E-state index in [9.17, 15) is 14.4 Å². The van der Waals surface area contributed by atoms with Crippen molar-refractivity contribution in [1.29, 1.82) is 0 Å². The monoisotopic (exact) mass is 987 g/mol. The van der Waals surface area contributed by atoms with Crippen molar-refractivity contribution in [2.75, 3.05) is 13.2 Å². The largest absolute Gasteiger partial charge is 0.462 e. The maximum Gasteiger partial charge on any atom is 0.306 e. The van der Waals surface area contributed by atoms with Crippen LogP contribution in [-0.2, 0) is 28.6 Å². The van der Waals surface area contributed by atoms with Crippen LogP contribution in [0, 0.1) is 0 Å². The van der Waals surface area contributed by atoms with Gasteiger partial charge in [-0.3, -0.25) is 14.4 Å². The van der Waals surface area contributed by atoms with E-state index in [0.29, 0.717) is 19.3 Å². The number of allylic oxidation sites excluding steroid dienone is 16. The number of ether oxygens (including phenoxy) is 3. The number of hydrogen-bond acceptors (Lipinski definition) is 6. The minimum atomic E-state index is -0.810. The van der Waals surface area contributed by atoms with Gasteiger partial charge in [0.2, 0.25) is 0 Å². The molecule has 0 aromatic carbocycles. The third-order valence-electron chi connectivity index (χ3n) is 12.6. The van der Waals surface area contributed by atoms with E-state index in [1.807, 2.05) is 6.08 Å². The quantitative estimate of drug-likeness (QED) is 0.0261. The van der Waals surface area contributed by atoms with Gasteiger partial charge in [0.05, 0.1) is 0 Å². The highest BCUT2D eigenvalue weighted by Crippen LogP contribution is 2.16. The number of carbonyl (C=O) groups excluding carboxylic acids is 3. The van der Waals surface area contributed by atoms with E-state index >= 15 is 0 Å². The van der Waals surface area contributed by atoms with Crippen molar-refractivity contribution in [3.63, 3.8) is 0 Å². The first-order valence-electron chi connectivity index (χ1n) is 29.7. The summed E-state index contributed by atoms with van der Waals surface area (Å²) in [4.78, 5) is 38.2. The Balaban J connectivity index is 4.49. The summed E-state index contributed by atoms with van der Waals surface area (Å²) in [6.07, 6.45) is 78.4. The van der Waals surface area contributed by atoms with Gasteiger partial charge in [-0.05, 0) is 89.9 Å². The Morgan fingerprint density at radius 3 is 0.972 bits per heavy atom. The van der Waals surface area contributed by atoms with Gasteiger partial charge < -0.3 is 14.2 Å². The van der Waals surface area contributed by atoms with Gasteiger partial charge in [-0.15, -0.1) is 0 Å². The second-order valence-electron chi connectivity index (χ2n) is 19.5. The van der Waals surface area contributed by atoms with Gasteiger partial charge in [0.1, 0.15) is 13.2 Å². The summed E-state index contributed by atoms with van der Waals surface area (Å²) in [6, 6.07) is 0. The third-order valence-corrected chi connectivity index (χ3v) is 12.6. The summed E-state index contributed by atoms with van der Waals surface area (Å²) in [5.74, 6) is -0.986. The standard InChI is InChI=1S/C65H110O6/c1-4-7-10-13-16-19-22-25-28-30-32-34-37-40-43-46-49-52-55-58-64(67)70-61-62(60-69-63(66)57-54-51-48-45-42-39-36-27-24-21-18-15-12-9-6-3)71-65(68)59-56-53-50-47-44-41-38-35-33-31-29-26-23-20-17-14-11-8-5-2/h7,10,16-17,19-20,25-26,28-29,32,34,40,43,49,52,62H,4-6,8-9,11-15,18,21-24,27,30-31,33,35-39,41-42,44-48,50-51,53-61H2,1-3H3/b10-7-,19-16-,20-17-,28-25-,29-26-,34-32-,43-40-,52-49-/t62-/m1/s1. The number of hydrogen-bond donors (Lipinski definition) is 0. The molecule has 0 amide bonds. The summed E-state index contributed by atoms with van der Waals surface area (Å²) >= 11 is 0. The van der Waals surface area contributed by atoms with Gasteiger partial charge in [-0.1, -0.05) is 266 Å². The molecule has 0 N–H and O–H groups in total. The fourth-order valence-electron chi connectivity index (χ4n) is 8.15. The summed E-state index contributed by atoms with van der Waals surface area (Å²) in [5.41, 5.74) is 0. The van der Waals surface area contributed by atoms with Crippen LogP contribution in [0.1, 0.15) is 278 Å². The normalized spacial score (nSPS) is 12.8. The Hall–Kier alpha value is -3.67. The third kappa shape index (κ3) is 57.1. The molecule has 0 bridgehead atoms. The van der Waals surface area contributed by atoms with Gasteiger partial charge in [0, 0.05) is 19.3 Å². The molecule has 6 heteroatoms. The highest BCUT2D eigenvalue weighted by molar-refractivity contribution is 5.71. The average molecular weight is 988 g/mol. The van der Waals surface area contributed by atoms with Crippen LogP contribution in [0.3, 0.4) is 0 Å². The lowest BCUT2D eigenvalue weighted by molar-refractivity contribution is -0.166. The van der Waals surface area contributed by atoms with Crippen molar-refractivity contribution < 1.29 is 28.6 Å². The molecule has 6 nitrogen and oxygen atoms in total. The van der Waals surface area contributed by atoms with Crippen LogP contribution in [0.15, 0.2) is 97.2 Å². The van der Waals surface area contributed by atoms with Crippen LogP contribution in [0.4, 0.5) is 0 Å². The Kier molecular flexibility index (Phi) is 55.9. The van der Waals surface area contributed by atoms with Crippen LogP contribution in [0.5, 0.6) is 0 Å². The second kappa shape index (κ2) is 58.9. The highest BCUT2D eigenvalue weighted by atomic mass is 16.6. The van der Waals surface area contributed by atoms with E-state index in [1.54, 1.807) is 0 Å². The minimum absolute atomic E-state index is 0.101. The molecule has 0 radical (unpaired) electrons. The zero-order valence-corrected chi connectivity index (χ0v) is 46.5. The Labute approximate surface area is 438 Å². The van der Waals surface area contributed by atoms with E-state index in [2.05, 4.69) is 112 Å². The molecule has 406 valence electrons. The first-order valence-corrected chi connectivity index (χ1v) is 29.7. The maximum absolute atomic E-state index is 12.9. The van der Waals surface area contributed by atoms with Gasteiger partial charge in [0.25, 0.3) is 0 Å². The molecular weight excluding hydrogens is 877 g/mol. The lowest BCUT2D eigenvalue weighted by Crippen LogP contribution is -2.30. The number of esters is 3. The highest BCUT2D eigenvalue weighted by Gasteiger charge is 2.19. The first-order chi connectivity index (χ1) is 35.0. The lowest BCUT2D eigenvalue weighted by atomic mass is 10.0. The Morgan fingerprint density at radius 1 is 0.296 bits per heavy atom. The van der Waals surface area contributed by atoms with Gasteiger partial charge in [0.15, 0.2) is 6.10 Å². The Morgan fingerprint density at radius 2 is 0.577 bits per heavy atom.